The number of aromatic nitrogens is 2. The van der Waals surface area contributed by atoms with E-state index < -0.39 is 21.9 Å². The maximum absolute atomic E-state index is 14.5. The van der Waals surface area contributed by atoms with Crippen molar-refractivity contribution in [1.82, 2.24) is 14.3 Å². The first-order valence-electron chi connectivity index (χ1n) is 8.68. The number of nitrogens with zero attached hydrogens (tertiary/aromatic N) is 2. The number of sulfonamides is 1. The Kier molecular flexibility index (Phi) is 4.70. The molecule has 0 spiro atoms. The topological polar surface area (TPSA) is 64.0 Å². The van der Waals surface area contributed by atoms with E-state index in [0.29, 0.717) is 5.82 Å². The molecular formula is C21H18FN3O2S. The Labute approximate surface area is 162 Å². The molecule has 142 valence electrons. The van der Waals surface area contributed by atoms with Crippen LogP contribution >= 0.6 is 0 Å². The fraction of sp³-hybridized carbons (Fsp3) is 0.0952. The molecule has 4 aromatic rings. The lowest BCUT2D eigenvalue weighted by atomic mass is 10.1. The van der Waals surface area contributed by atoms with Crippen molar-refractivity contribution in [2.75, 3.05) is 0 Å². The summed E-state index contributed by atoms with van der Waals surface area (Å²) in [6, 6.07) is 17.5. The molecule has 0 saturated heterocycles. The SMILES string of the molecule is Cn1ccnc1C(NS(=O)(=O)c1ccc2ccccc2c1)c1ccccc1F. The van der Waals surface area contributed by atoms with Crippen LogP contribution in [0.1, 0.15) is 17.4 Å². The van der Waals surface area contributed by atoms with Gasteiger partial charge in [-0.1, -0.05) is 48.5 Å². The predicted molar refractivity (Wildman–Crippen MR) is 106 cm³/mol. The number of rotatable bonds is 5. The third-order valence-corrected chi connectivity index (χ3v) is 6.06. The maximum atomic E-state index is 14.5. The van der Waals surface area contributed by atoms with Crippen LogP contribution in [0.3, 0.4) is 0 Å². The molecule has 1 N–H and O–H groups in total. The summed E-state index contributed by atoms with van der Waals surface area (Å²) in [5.74, 6) is -0.105. The van der Waals surface area contributed by atoms with Crippen molar-refractivity contribution >= 4 is 20.8 Å². The number of halogens is 1. The molecule has 4 rings (SSSR count). The first-order chi connectivity index (χ1) is 13.5. The van der Waals surface area contributed by atoms with Gasteiger partial charge in [-0.2, -0.15) is 4.72 Å². The minimum Gasteiger partial charge on any atom is -0.336 e. The van der Waals surface area contributed by atoms with Crippen LogP contribution in [0, 0.1) is 5.82 Å². The van der Waals surface area contributed by atoms with Crippen LogP contribution in [0.2, 0.25) is 0 Å². The van der Waals surface area contributed by atoms with E-state index in [4.69, 9.17) is 0 Å². The van der Waals surface area contributed by atoms with Crippen LogP contribution in [-0.2, 0) is 17.1 Å². The Morgan fingerprint density at radius 2 is 1.71 bits per heavy atom. The van der Waals surface area contributed by atoms with Crippen molar-refractivity contribution in [3.8, 4) is 0 Å². The Bertz CT molecular complexity index is 1250. The maximum Gasteiger partial charge on any atom is 0.241 e. The Morgan fingerprint density at radius 1 is 1.00 bits per heavy atom. The van der Waals surface area contributed by atoms with Gasteiger partial charge in [0, 0.05) is 25.0 Å². The fourth-order valence-corrected chi connectivity index (χ4v) is 4.39. The van der Waals surface area contributed by atoms with Gasteiger partial charge in [-0.25, -0.2) is 17.8 Å². The van der Waals surface area contributed by atoms with Crippen LogP contribution in [0.15, 0.2) is 84.0 Å². The molecule has 0 aliphatic heterocycles. The van der Waals surface area contributed by atoms with Gasteiger partial charge in [0.25, 0.3) is 0 Å². The molecule has 1 heterocycles. The van der Waals surface area contributed by atoms with Gasteiger partial charge in [-0.05, 0) is 29.0 Å². The number of hydrogen-bond acceptors (Lipinski definition) is 3. The number of fused-ring (bicyclic) bond motifs is 1. The van der Waals surface area contributed by atoms with Gasteiger partial charge in [-0.15, -0.1) is 0 Å². The Balaban J connectivity index is 1.79. The van der Waals surface area contributed by atoms with Crippen LogP contribution in [0.25, 0.3) is 10.8 Å². The van der Waals surface area contributed by atoms with Crippen molar-refractivity contribution in [2.45, 2.75) is 10.9 Å². The van der Waals surface area contributed by atoms with Crippen LogP contribution in [-0.4, -0.2) is 18.0 Å². The standard InChI is InChI=1S/C21H18FN3O2S/c1-25-13-12-23-21(25)20(18-8-4-5-9-19(18)22)24-28(26,27)17-11-10-15-6-2-3-7-16(15)14-17/h2-14,20,24H,1H3. The molecule has 3 aromatic carbocycles. The fourth-order valence-electron chi connectivity index (χ4n) is 3.18. The van der Waals surface area contributed by atoms with E-state index in [2.05, 4.69) is 9.71 Å². The van der Waals surface area contributed by atoms with Crippen LogP contribution < -0.4 is 4.72 Å². The molecule has 0 aliphatic rings. The van der Waals surface area contributed by atoms with E-state index in [9.17, 15) is 12.8 Å². The highest BCUT2D eigenvalue weighted by Crippen LogP contribution is 2.26. The lowest BCUT2D eigenvalue weighted by Crippen LogP contribution is -2.31. The lowest BCUT2D eigenvalue weighted by Gasteiger charge is -2.20. The summed E-state index contributed by atoms with van der Waals surface area (Å²) in [5, 5.41) is 1.75. The van der Waals surface area contributed by atoms with E-state index in [1.165, 1.54) is 6.07 Å². The summed E-state index contributed by atoms with van der Waals surface area (Å²) in [6.45, 7) is 0. The van der Waals surface area contributed by atoms with Gasteiger partial charge in [0.1, 0.15) is 17.7 Å². The number of imidazole rings is 1. The zero-order valence-electron chi connectivity index (χ0n) is 15.1. The predicted octanol–water partition coefficient (Wildman–Crippen LogP) is 3.78. The summed E-state index contributed by atoms with van der Waals surface area (Å²) < 4.78 is 45.0. The first kappa shape index (κ1) is 18.3. The first-order valence-corrected chi connectivity index (χ1v) is 10.2. The number of nitrogens with one attached hydrogen (secondary N) is 1. The third-order valence-electron chi connectivity index (χ3n) is 4.64. The molecule has 5 nitrogen and oxygen atoms in total. The molecule has 1 atom stereocenters. The van der Waals surface area contributed by atoms with Gasteiger partial charge in [-0.3, -0.25) is 0 Å². The summed E-state index contributed by atoms with van der Waals surface area (Å²) in [7, 11) is -2.19. The molecule has 0 amide bonds. The summed E-state index contributed by atoms with van der Waals surface area (Å²) in [4.78, 5) is 4.34. The minimum atomic E-state index is -3.93. The van der Waals surface area contributed by atoms with Gasteiger partial charge >= 0.3 is 0 Å². The van der Waals surface area contributed by atoms with Gasteiger partial charge in [0.05, 0.1) is 4.90 Å². The van der Waals surface area contributed by atoms with Gasteiger partial charge in [0.2, 0.25) is 10.0 Å². The number of benzene rings is 3. The quantitative estimate of drug-likeness (QED) is 0.559. The van der Waals surface area contributed by atoms with Crippen molar-refractivity contribution < 1.29 is 12.8 Å². The molecule has 0 saturated carbocycles. The summed E-state index contributed by atoms with van der Waals surface area (Å²) >= 11 is 0. The minimum absolute atomic E-state index is 0.113. The van der Waals surface area contributed by atoms with Crippen molar-refractivity contribution in [2.24, 2.45) is 7.05 Å². The molecular weight excluding hydrogens is 377 g/mol. The molecule has 0 fully saturated rings. The zero-order chi connectivity index (χ0) is 19.7. The van der Waals surface area contributed by atoms with Crippen molar-refractivity contribution in [1.29, 1.82) is 0 Å². The molecule has 7 heteroatoms. The van der Waals surface area contributed by atoms with Crippen LogP contribution in [0.4, 0.5) is 4.39 Å². The lowest BCUT2D eigenvalue weighted by molar-refractivity contribution is 0.545. The second-order valence-electron chi connectivity index (χ2n) is 6.48. The summed E-state index contributed by atoms with van der Waals surface area (Å²) in [6.07, 6.45) is 3.24. The largest absolute Gasteiger partial charge is 0.336 e. The zero-order valence-corrected chi connectivity index (χ0v) is 15.9. The highest BCUT2D eigenvalue weighted by atomic mass is 32.2. The van der Waals surface area contributed by atoms with E-state index in [1.54, 1.807) is 60.4 Å². The van der Waals surface area contributed by atoms with Crippen molar-refractivity contribution in [3.05, 3.63) is 96.3 Å². The van der Waals surface area contributed by atoms with Gasteiger partial charge < -0.3 is 4.57 Å². The smallest absolute Gasteiger partial charge is 0.241 e. The van der Waals surface area contributed by atoms with E-state index in [1.807, 2.05) is 24.3 Å². The summed E-state index contributed by atoms with van der Waals surface area (Å²) in [5.41, 5.74) is 0.209. The molecule has 28 heavy (non-hydrogen) atoms. The molecule has 0 radical (unpaired) electrons. The molecule has 0 bridgehead atoms. The van der Waals surface area contributed by atoms with Crippen LogP contribution in [0.5, 0.6) is 0 Å². The average Bonchev–Trinajstić information content (AvgIpc) is 3.12. The Morgan fingerprint density at radius 3 is 2.43 bits per heavy atom. The second-order valence-corrected chi connectivity index (χ2v) is 8.20. The highest BCUT2D eigenvalue weighted by molar-refractivity contribution is 7.89. The normalized spacial score (nSPS) is 12.9. The number of aryl methyl sites for hydroxylation is 1. The average molecular weight is 395 g/mol. The monoisotopic (exact) mass is 395 g/mol. The number of hydrogen-bond donors (Lipinski definition) is 1. The van der Waals surface area contributed by atoms with Crippen molar-refractivity contribution in [3.63, 3.8) is 0 Å². The highest BCUT2D eigenvalue weighted by Gasteiger charge is 2.27. The van der Waals surface area contributed by atoms with Gasteiger partial charge in [0.15, 0.2) is 0 Å². The molecule has 1 aromatic heterocycles. The third kappa shape index (κ3) is 3.42. The Hall–Kier alpha value is -3.03. The molecule has 1 unspecified atom stereocenters. The second kappa shape index (κ2) is 7.18. The van der Waals surface area contributed by atoms with E-state index in [0.717, 1.165) is 10.8 Å². The van der Waals surface area contributed by atoms with E-state index in [-0.39, 0.29) is 10.5 Å². The van der Waals surface area contributed by atoms with E-state index >= 15 is 0 Å². The molecule has 0 aliphatic carbocycles.